The Hall–Kier alpha value is -2.73. The molecule has 0 fully saturated rings. The molecule has 0 radical (unpaired) electrons. The van der Waals surface area contributed by atoms with E-state index in [0.29, 0.717) is 17.8 Å². The number of aromatic hydroxyl groups is 1. The Labute approximate surface area is 208 Å². The summed E-state index contributed by atoms with van der Waals surface area (Å²) in [4.78, 5) is 24.7. The van der Waals surface area contributed by atoms with Gasteiger partial charge >= 0.3 is 6.03 Å². The van der Waals surface area contributed by atoms with Crippen LogP contribution in [0, 0.1) is 6.92 Å². The van der Waals surface area contributed by atoms with Gasteiger partial charge in [0.1, 0.15) is 0 Å². The van der Waals surface area contributed by atoms with Gasteiger partial charge in [0.05, 0.1) is 10.7 Å². The lowest BCUT2D eigenvalue weighted by atomic mass is 10.1. The fourth-order valence-corrected chi connectivity index (χ4v) is 3.87. The van der Waals surface area contributed by atoms with E-state index in [1.165, 1.54) is 63.5 Å². The van der Waals surface area contributed by atoms with Crippen molar-refractivity contribution >= 4 is 34.9 Å². The lowest BCUT2D eigenvalue weighted by molar-refractivity contribution is 0.102. The normalized spacial score (nSPS) is 10.7. The van der Waals surface area contributed by atoms with Crippen LogP contribution in [-0.4, -0.2) is 23.6 Å². The third-order valence-electron chi connectivity index (χ3n) is 5.70. The highest BCUT2D eigenvalue weighted by atomic mass is 35.5. The van der Waals surface area contributed by atoms with E-state index in [1.54, 1.807) is 12.1 Å². The molecule has 0 spiro atoms. The fraction of sp³-hybridized carbons (Fsp3) is 0.481. The van der Waals surface area contributed by atoms with E-state index < -0.39 is 6.03 Å². The molecule has 186 valence electrons. The van der Waals surface area contributed by atoms with Crippen LogP contribution < -0.4 is 16.0 Å². The number of nitrogens with one attached hydrogen (secondary N) is 3. The third kappa shape index (κ3) is 10.0. The fourth-order valence-electron chi connectivity index (χ4n) is 3.66. The minimum Gasteiger partial charge on any atom is -0.504 e. The van der Waals surface area contributed by atoms with Gasteiger partial charge in [-0.25, -0.2) is 4.79 Å². The monoisotopic (exact) mass is 487 g/mol. The molecule has 34 heavy (non-hydrogen) atoms. The van der Waals surface area contributed by atoms with Gasteiger partial charge in [-0.05, 0) is 37.6 Å². The SMILES string of the molecule is CCCCCCCCCCCCNC(=O)Nc1cc(NC(=O)c2ccc(C)cc2)cc(Cl)c1O. The predicted octanol–water partition coefficient (Wildman–Crippen LogP) is 7.65. The number of hydrogen-bond donors (Lipinski definition) is 4. The van der Waals surface area contributed by atoms with E-state index in [2.05, 4.69) is 22.9 Å². The summed E-state index contributed by atoms with van der Waals surface area (Å²) >= 11 is 6.10. The number of hydrogen-bond acceptors (Lipinski definition) is 3. The summed E-state index contributed by atoms with van der Waals surface area (Å²) in [7, 11) is 0. The maximum Gasteiger partial charge on any atom is 0.319 e. The second-order valence-electron chi connectivity index (χ2n) is 8.74. The molecule has 0 saturated carbocycles. The van der Waals surface area contributed by atoms with Crippen LogP contribution in [-0.2, 0) is 0 Å². The highest BCUT2D eigenvalue weighted by Crippen LogP contribution is 2.35. The van der Waals surface area contributed by atoms with Crippen LogP contribution in [0.3, 0.4) is 0 Å². The Morgan fingerprint density at radius 2 is 1.44 bits per heavy atom. The Morgan fingerprint density at radius 3 is 2.06 bits per heavy atom. The van der Waals surface area contributed by atoms with Crippen molar-refractivity contribution in [1.29, 1.82) is 0 Å². The summed E-state index contributed by atoms with van der Waals surface area (Å²) < 4.78 is 0. The van der Waals surface area contributed by atoms with Crippen LogP contribution in [0.5, 0.6) is 5.75 Å². The maximum absolute atomic E-state index is 12.5. The van der Waals surface area contributed by atoms with Crippen molar-refractivity contribution in [3.05, 3.63) is 52.5 Å². The molecule has 0 aromatic heterocycles. The van der Waals surface area contributed by atoms with E-state index in [0.717, 1.165) is 18.4 Å². The quantitative estimate of drug-likeness (QED) is 0.125. The molecule has 2 aromatic rings. The summed E-state index contributed by atoms with van der Waals surface area (Å²) in [6.45, 7) is 4.73. The molecule has 0 unspecified atom stereocenters. The molecule has 4 N–H and O–H groups in total. The molecule has 0 aliphatic heterocycles. The zero-order chi connectivity index (χ0) is 24.8. The number of anilines is 2. The van der Waals surface area contributed by atoms with E-state index in [-0.39, 0.29) is 22.4 Å². The van der Waals surface area contributed by atoms with Crippen molar-refractivity contribution in [3.63, 3.8) is 0 Å². The molecule has 0 aliphatic carbocycles. The maximum atomic E-state index is 12.5. The van der Waals surface area contributed by atoms with Gasteiger partial charge in [0, 0.05) is 17.8 Å². The van der Waals surface area contributed by atoms with E-state index >= 15 is 0 Å². The van der Waals surface area contributed by atoms with Crippen LogP contribution in [0.15, 0.2) is 36.4 Å². The number of urea groups is 1. The summed E-state index contributed by atoms with van der Waals surface area (Å²) in [5.41, 5.74) is 2.06. The molecule has 7 heteroatoms. The number of carbonyl (C=O) groups excluding carboxylic acids is 2. The number of rotatable bonds is 14. The number of phenols is 1. The van der Waals surface area contributed by atoms with Gasteiger partial charge in [0.2, 0.25) is 0 Å². The van der Waals surface area contributed by atoms with Gasteiger partial charge in [0.15, 0.2) is 5.75 Å². The predicted molar refractivity (Wildman–Crippen MR) is 141 cm³/mol. The second kappa shape index (κ2) is 15.2. The van der Waals surface area contributed by atoms with Crippen molar-refractivity contribution in [3.8, 4) is 5.75 Å². The van der Waals surface area contributed by atoms with Gasteiger partial charge in [-0.3, -0.25) is 4.79 Å². The summed E-state index contributed by atoms with van der Waals surface area (Å²) in [5, 5.41) is 18.4. The minimum absolute atomic E-state index is 0.0340. The van der Waals surface area contributed by atoms with E-state index in [1.807, 2.05) is 19.1 Å². The number of amides is 3. The molecule has 0 bridgehead atoms. The Kier molecular flexibility index (Phi) is 12.3. The number of carbonyl (C=O) groups is 2. The molecule has 6 nitrogen and oxygen atoms in total. The largest absolute Gasteiger partial charge is 0.504 e. The van der Waals surface area contributed by atoms with Crippen molar-refractivity contribution in [2.45, 2.75) is 78.1 Å². The Morgan fingerprint density at radius 1 is 0.853 bits per heavy atom. The van der Waals surface area contributed by atoms with Crippen molar-refractivity contribution in [1.82, 2.24) is 5.32 Å². The van der Waals surface area contributed by atoms with Crippen LogP contribution in [0.2, 0.25) is 5.02 Å². The van der Waals surface area contributed by atoms with Crippen LogP contribution in [0.1, 0.15) is 87.1 Å². The molecular formula is C27H38ClN3O3. The molecule has 2 aromatic carbocycles. The number of benzene rings is 2. The highest BCUT2D eigenvalue weighted by molar-refractivity contribution is 6.33. The Balaban J connectivity index is 1.73. The van der Waals surface area contributed by atoms with E-state index in [4.69, 9.17) is 11.6 Å². The first-order valence-corrected chi connectivity index (χ1v) is 12.7. The smallest absolute Gasteiger partial charge is 0.319 e. The van der Waals surface area contributed by atoms with Crippen LogP contribution in [0.25, 0.3) is 0 Å². The standard InChI is InChI=1S/C27H38ClN3O3/c1-3-4-5-6-7-8-9-10-11-12-17-29-27(34)31-24-19-22(18-23(28)25(24)32)30-26(33)21-15-13-20(2)14-16-21/h13-16,18-19,32H,3-12,17H2,1-2H3,(H,30,33)(H2,29,31,34). The van der Waals surface area contributed by atoms with Gasteiger partial charge in [0.25, 0.3) is 5.91 Å². The molecule has 0 aliphatic rings. The highest BCUT2D eigenvalue weighted by Gasteiger charge is 2.14. The van der Waals surface area contributed by atoms with Crippen molar-refractivity contribution < 1.29 is 14.7 Å². The zero-order valence-electron chi connectivity index (χ0n) is 20.4. The molecule has 0 heterocycles. The molecule has 0 saturated heterocycles. The first-order valence-electron chi connectivity index (χ1n) is 12.4. The first kappa shape index (κ1) is 27.5. The molecule has 2 rings (SSSR count). The van der Waals surface area contributed by atoms with Gasteiger partial charge < -0.3 is 21.1 Å². The topological polar surface area (TPSA) is 90.5 Å². The lowest BCUT2D eigenvalue weighted by Crippen LogP contribution is -2.29. The average Bonchev–Trinajstić information content (AvgIpc) is 2.81. The first-order chi connectivity index (χ1) is 16.4. The molecule has 3 amide bonds. The van der Waals surface area contributed by atoms with Crippen LogP contribution in [0.4, 0.5) is 16.2 Å². The minimum atomic E-state index is -0.427. The summed E-state index contributed by atoms with van der Waals surface area (Å²) in [5.74, 6) is -0.554. The number of aryl methyl sites for hydroxylation is 1. The summed E-state index contributed by atoms with van der Waals surface area (Å²) in [6.07, 6.45) is 12.3. The number of unbranched alkanes of at least 4 members (excludes halogenated alkanes) is 9. The average molecular weight is 488 g/mol. The Bertz CT molecular complexity index is 916. The molecular weight excluding hydrogens is 450 g/mol. The lowest BCUT2D eigenvalue weighted by Gasteiger charge is -2.13. The van der Waals surface area contributed by atoms with Gasteiger partial charge in [-0.2, -0.15) is 0 Å². The molecule has 0 atom stereocenters. The second-order valence-corrected chi connectivity index (χ2v) is 9.14. The van der Waals surface area contributed by atoms with E-state index in [9.17, 15) is 14.7 Å². The van der Waals surface area contributed by atoms with Crippen molar-refractivity contribution in [2.24, 2.45) is 0 Å². The van der Waals surface area contributed by atoms with Gasteiger partial charge in [-0.15, -0.1) is 0 Å². The van der Waals surface area contributed by atoms with Gasteiger partial charge in [-0.1, -0.05) is 94.0 Å². The zero-order valence-corrected chi connectivity index (χ0v) is 21.1. The number of phenolic OH excluding ortho intramolecular Hbond substituents is 1. The van der Waals surface area contributed by atoms with Crippen molar-refractivity contribution in [2.75, 3.05) is 17.2 Å². The number of halogens is 1. The summed E-state index contributed by atoms with van der Waals surface area (Å²) in [6, 6.07) is 9.66. The third-order valence-corrected chi connectivity index (χ3v) is 5.99. The van der Waals surface area contributed by atoms with Crippen LogP contribution >= 0.6 is 11.6 Å².